The molecule has 4 rings (SSSR count). The average molecular weight is 483 g/mol. The predicted molar refractivity (Wildman–Crippen MR) is 133 cm³/mol. The van der Waals surface area contributed by atoms with Gasteiger partial charge in [-0.1, -0.05) is 72.1 Å². The topological polar surface area (TPSA) is 54.4 Å². The van der Waals surface area contributed by atoms with Gasteiger partial charge >= 0.3 is 0 Å². The van der Waals surface area contributed by atoms with Crippen molar-refractivity contribution in [2.45, 2.75) is 13.3 Å². The van der Waals surface area contributed by atoms with Crippen LogP contribution in [0.15, 0.2) is 77.9 Å². The third kappa shape index (κ3) is 4.78. The molecule has 3 aromatic carbocycles. The number of halogens is 3. The van der Waals surface area contributed by atoms with Crippen LogP contribution >= 0.6 is 34.8 Å². The molecule has 7 heteroatoms. The number of nitrogens with one attached hydrogen (secondary N) is 1. The number of hydrogen-bond donors (Lipinski definition) is 1. The van der Waals surface area contributed by atoms with Crippen LogP contribution in [-0.2, 0) is 0 Å². The first-order valence-electron chi connectivity index (χ1n) is 9.94. The van der Waals surface area contributed by atoms with Crippen molar-refractivity contribution in [2.24, 2.45) is 5.10 Å². The predicted octanol–water partition coefficient (Wildman–Crippen LogP) is 7.41. The zero-order chi connectivity index (χ0) is 22.7. The highest BCUT2D eigenvalue weighted by atomic mass is 35.5. The number of hydrogen-bond acceptors (Lipinski definition) is 3. The number of carbonyl (C=O) groups excluding carboxylic acids is 1. The second kappa shape index (κ2) is 9.70. The molecule has 0 saturated carbocycles. The molecule has 1 amide bonds. The largest absolute Gasteiger partial charge is 0.272 e. The van der Waals surface area contributed by atoms with E-state index in [0.29, 0.717) is 43.8 Å². The van der Waals surface area contributed by atoms with Gasteiger partial charge in [-0.05, 0) is 54.4 Å². The zero-order valence-corrected chi connectivity index (χ0v) is 19.3. The third-order valence-electron chi connectivity index (χ3n) is 4.95. The molecular formula is C25H18Cl3N3O. The van der Waals surface area contributed by atoms with Gasteiger partial charge in [0, 0.05) is 21.0 Å². The molecule has 1 heterocycles. The monoisotopic (exact) mass is 481 g/mol. The van der Waals surface area contributed by atoms with Crippen molar-refractivity contribution in [1.82, 2.24) is 10.4 Å². The Morgan fingerprint density at radius 1 is 0.938 bits per heavy atom. The van der Waals surface area contributed by atoms with Crippen molar-refractivity contribution >= 4 is 57.3 Å². The second-order valence-corrected chi connectivity index (χ2v) is 8.34. The number of pyridine rings is 1. The molecule has 0 aliphatic carbocycles. The molecule has 0 saturated heterocycles. The Morgan fingerprint density at radius 3 is 2.47 bits per heavy atom. The summed E-state index contributed by atoms with van der Waals surface area (Å²) in [6.07, 6.45) is 0.628. The van der Waals surface area contributed by atoms with E-state index in [1.54, 1.807) is 30.3 Å². The summed E-state index contributed by atoms with van der Waals surface area (Å²) in [6.45, 7) is 1.97. The molecule has 0 spiro atoms. The van der Waals surface area contributed by atoms with Crippen LogP contribution in [0.3, 0.4) is 0 Å². The highest BCUT2D eigenvalue weighted by Crippen LogP contribution is 2.31. The number of benzene rings is 3. The minimum atomic E-state index is -0.345. The first kappa shape index (κ1) is 22.3. The van der Waals surface area contributed by atoms with Crippen molar-refractivity contribution in [1.29, 1.82) is 0 Å². The Hall–Kier alpha value is -2.92. The molecule has 160 valence electrons. The summed E-state index contributed by atoms with van der Waals surface area (Å²) < 4.78 is 0. The fraction of sp³-hybridized carbons (Fsp3) is 0.0800. The fourth-order valence-electron chi connectivity index (χ4n) is 3.39. The maximum absolute atomic E-state index is 13.2. The molecular weight excluding hydrogens is 465 g/mol. The van der Waals surface area contributed by atoms with Crippen LogP contribution in [-0.4, -0.2) is 16.6 Å². The lowest BCUT2D eigenvalue weighted by molar-refractivity contribution is 0.0956. The Morgan fingerprint density at radius 2 is 1.72 bits per heavy atom. The molecule has 32 heavy (non-hydrogen) atoms. The minimum Gasteiger partial charge on any atom is -0.267 e. The number of hydrazone groups is 1. The number of para-hydroxylation sites is 1. The van der Waals surface area contributed by atoms with Gasteiger partial charge in [-0.25, -0.2) is 10.4 Å². The number of aromatic nitrogens is 1. The summed E-state index contributed by atoms with van der Waals surface area (Å²) in [4.78, 5) is 17.9. The van der Waals surface area contributed by atoms with Gasteiger partial charge in [0.15, 0.2) is 0 Å². The molecule has 0 aliphatic rings. The average Bonchev–Trinajstić information content (AvgIpc) is 2.78. The summed E-state index contributed by atoms with van der Waals surface area (Å²) in [5.41, 5.74) is 6.65. The highest BCUT2D eigenvalue weighted by molar-refractivity contribution is 6.36. The van der Waals surface area contributed by atoms with Crippen molar-refractivity contribution in [3.63, 3.8) is 0 Å². The van der Waals surface area contributed by atoms with E-state index in [1.807, 2.05) is 49.4 Å². The van der Waals surface area contributed by atoms with Crippen LogP contribution in [0.2, 0.25) is 15.1 Å². The van der Waals surface area contributed by atoms with Crippen LogP contribution in [0.4, 0.5) is 0 Å². The second-order valence-electron chi connectivity index (χ2n) is 7.06. The number of nitrogens with zero attached hydrogens (tertiary/aromatic N) is 2. The molecule has 0 bridgehead atoms. The standard InChI is InChI=1S/C25H18Cl3N3O/c1-2-22(15-6-5-7-16(26)12-15)30-31-25(32)20-14-24(19-11-10-17(27)13-21(19)28)29-23-9-4-3-8-18(20)23/h3-14H,2H2,1H3,(H,31,32). The SMILES string of the molecule is CCC(=NNC(=O)c1cc(-c2ccc(Cl)cc2Cl)nc2ccccc12)c1cccc(Cl)c1. The van der Waals surface area contributed by atoms with Crippen molar-refractivity contribution in [3.05, 3.63) is 99.0 Å². The molecule has 0 fully saturated rings. The Kier molecular flexibility index (Phi) is 6.75. The van der Waals surface area contributed by atoms with E-state index >= 15 is 0 Å². The lowest BCUT2D eigenvalue weighted by atomic mass is 10.0. The summed E-state index contributed by atoms with van der Waals surface area (Å²) in [6, 6.07) is 21.7. The van der Waals surface area contributed by atoms with Gasteiger partial charge in [0.2, 0.25) is 0 Å². The zero-order valence-electron chi connectivity index (χ0n) is 17.1. The van der Waals surface area contributed by atoms with Gasteiger partial charge in [0.25, 0.3) is 5.91 Å². The van der Waals surface area contributed by atoms with Gasteiger partial charge in [-0.15, -0.1) is 0 Å². The van der Waals surface area contributed by atoms with Crippen LogP contribution in [0.25, 0.3) is 22.2 Å². The summed E-state index contributed by atoms with van der Waals surface area (Å²) in [5.74, 6) is -0.345. The Labute approximate surface area is 200 Å². The highest BCUT2D eigenvalue weighted by Gasteiger charge is 2.16. The van der Waals surface area contributed by atoms with Crippen LogP contribution < -0.4 is 5.43 Å². The number of amides is 1. The minimum absolute atomic E-state index is 0.345. The molecule has 4 aromatic rings. The van der Waals surface area contributed by atoms with E-state index in [1.165, 1.54) is 0 Å². The lowest BCUT2D eigenvalue weighted by Crippen LogP contribution is -2.20. The summed E-state index contributed by atoms with van der Waals surface area (Å²) in [5, 5.41) is 6.68. The smallest absolute Gasteiger partial charge is 0.267 e. The van der Waals surface area contributed by atoms with E-state index < -0.39 is 0 Å². The molecule has 1 aromatic heterocycles. The van der Waals surface area contributed by atoms with Crippen molar-refractivity contribution in [2.75, 3.05) is 0 Å². The van der Waals surface area contributed by atoms with E-state index in [9.17, 15) is 4.79 Å². The van der Waals surface area contributed by atoms with Crippen LogP contribution in [0.5, 0.6) is 0 Å². The van der Waals surface area contributed by atoms with E-state index in [4.69, 9.17) is 34.8 Å². The van der Waals surface area contributed by atoms with Gasteiger partial charge in [0.05, 0.1) is 27.5 Å². The molecule has 0 unspecified atom stereocenters. The van der Waals surface area contributed by atoms with Gasteiger partial charge in [0.1, 0.15) is 0 Å². The first-order chi connectivity index (χ1) is 15.5. The van der Waals surface area contributed by atoms with Gasteiger partial charge in [-0.3, -0.25) is 4.79 Å². The summed E-state index contributed by atoms with van der Waals surface area (Å²) in [7, 11) is 0. The molecule has 0 atom stereocenters. The Balaban J connectivity index is 1.75. The molecule has 1 N–H and O–H groups in total. The quantitative estimate of drug-likeness (QED) is 0.238. The molecule has 0 aliphatic heterocycles. The maximum atomic E-state index is 13.2. The first-order valence-corrected chi connectivity index (χ1v) is 11.1. The lowest BCUT2D eigenvalue weighted by Gasteiger charge is -2.11. The van der Waals surface area contributed by atoms with Crippen LogP contribution in [0, 0.1) is 0 Å². The fourth-order valence-corrected chi connectivity index (χ4v) is 4.09. The van der Waals surface area contributed by atoms with Gasteiger partial charge < -0.3 is 0 Å². The summed E-state index contributed by atoms with van der Waals surface area (Å²) >= 11 is 18.5. The van der Waals surface area contributed by atoms with Crippen molar-refractivity contribution in [3.8, 4) is 11.3 Å². The molecule has 0 radical (unpaired) electrons. The van der Waals surface area contributed by atoms with E-state index in [2.05, 4.69) is 15.5 Å². The van der Waals surface area contributed by atoms with Crippen LogP contribution in [0.1, 0.15) is 29.3 Å². The van der Waals surface area contributed by atoms with Gasteiger partial charge in [-0.2, -0.15) is 5.10 Å². The normalized spacial score (nSPS) is 11.6. The van der Waals surface area contributed by atoms with Crippen molar-refractivity contribution < 1.29 is 4.79 Å². The number of rotatable bonds is 5. The maximum Gasteiger partial charge on any atom is 0.272 e. The third-order valence-corrected chi connectivity index (χ3v) is 5.74. The number of fused-ring (bicyclic) bond motifs is 1. The molecule has 4 nitrogen and oxygen atoms in total. The number of carbonyl (C=O) groups is 1. The Bertz CT molecular complexity index is 1350. The van der Waals surface area contributed by atoms with E-state index in [0.717, 1.165) is 16.7 Å². The van der Waals surface area contributed by atoms with E-state index in [-0.39, 0.29) is 5.91 Å².